The average molecular weight is 408 g/mol. The van der Waals surface area contributed by atoms with Crippen molar-refractivity contribution in [1.29, 1.82) is 0 Å². The fraction of sp³-hybridized carbons (Fsp3) is 0.562. The van der Waals surface area contributed by atoms with Gasteiger partial charge in [-0.15, -0.1) is 12.4 Å². The van der Waals surface area contributed by atoms with Crippen LogP contribution in [0.3, 0.4) is 0 Å². The zero-order valence-electron chi connectivity index (χ0n) is 13.5. The molecule has 1 saturated heterocycles. The van der Waals surface area contributed by atoms with Crippen molar-refractivity contribution in [2.75, 3.05) is 27.3 Å². The standard InChI is InChI=1S/C16H23BrN2O3.ClH/c1-21-14-8-12(7-13(17)16(14)22-2)10-19-15(20)4-3-11-5-6-18-9-11;/h7-8,11,18H,3-6,9-10H2,1-2H3,(H,19,20);1H. The predicted octanol–water partition coefficient (Wildman–Crippen LogP) is 2.89. The van der Waals surface area contributed by atoms with Crippen molar-refractivity contribution in [2.24, 2.45) is 5.92 Å². The molecule has 1 fully saturated rings. The minimum Gasteiger partial charge on any atom is -0.493 e. The highest BCUT2D eigenvalue weighted by Crippen LogP contribution is 2.36. The highest BCUT2D eigenvalue weighted by atomic mass is 79.9. The number of halogens is 2. The van der Waals surface area contributed by atoms with Gasteiger partial charge >= 0.3 is 0 Å². The summed E-state index contributed by atoms with van der Waals surface area (Å²) in [6, 6.07) is 3.81. The van der Waals surface area contributed by atoms with Gasteiger partial charge in [-0.25, -0.2) is 0 Å². The highest BCUT2D eigenvalue weighted by Gasteiger charge is 2.16. The highest BCUT2D eigenvalue weighted by molar-refractivity contribution is 9.10. The molecule has 1 atom stereocenters. The molecule has 1 aromatic rings. The first-order chi connectivity index (χ1) is 10.6. The van der Waals surface area contributed by atoms with Gasteiger partial charge in [0.15, 0.2) is 11.5 Å². The minimum absolute atomic E-state index is 0. The summed E-state index contributed by atoms with van der Waals surface area (Å²) in [6.07, 6.45) is 2.71. The van der Waals surface area contributed by atoms with Crippen molar-refractivity contribution >= 4 is 34.2 Å². The Hall–Kier alpha value is -0.980. The van der Waals surface area contributed by atoms with Crippen molar-refractivity contribution in [1.82, 2.24) is 10.6 Å². The molecular formula is C16H24BrClN2O3. The van der Waals surface area contributed by atoms with Crippen LogP contribution in [0.2, 0.25) is 0 Å². The summed E-state index contributed by atoms with van der Waals surface area (Å²) in [6.45, 7) is 2.60. The van der Waals surface area contributed by atoms with Crippen LogP contribution < -0.4 is 20.1 Å². The third-order valence-electron chi connectivity index (χ3n) is 3.93. The van der Waals surface area contributed by atoms with E-state index in [-0.39, 0.29) is 18.3 Å². The molecule has 1 aliphatic rings. The van der Waals surface area contributed by atoms with E-state index in [1.54, 1.807) is 14.2 Å². The summed E-state index contributed by atoms with van der Waals surface area (Å²) in [5.41, 5.74) is 0.973. The Bertz CT molecular complexity index is 522. The summed E-state index contributed by atoms with van der Waals surface area (Å²) in [7, 11) is 3.20. The summed E-state index contributed by atoms with van der Waals surface area (Å²) >= 11 is 3.46. The van der Waals surface area contributed by atoms with Gasteiger partial charge in [-0.05, 0) is 65.5 Å². The summed E-state index contributed by atoms with van der Waals surface area (Å²) in [5, 5.41) is 6.28. The maximum atomic E-state index is 11.9. The van der Waals surface area contributed by atoms with E-state index < -0.39 is 0 Å². The molecule has 2 N–H and O–H groups in total. The van der Waals surface area contributed by atoms with Gasteiger partial charge in [-0.2, -0.15) is 0 Å². The first-order valence-electron chi connectivity index (χ1n) is 7.52. The number of ether oxygens (including phenoxy) is 2. The molecule has 23 heavy (non-hydrogen) atoms. The lowest BCUT2D eigenvalue weighted by atomic mass is 10.0. The molecule has 0 aliphatic carbocycles. The minimum atomic E-state index is 0. The number of nitrogens with one attached hydrogen (secondary N) is 2. The smallest absolute Gasteiger partial charge is 0.220 e. The Kier molecular flexibility index (Phi) is 8.73. The topological polar surface area (TPSA) is 59.6 Å². The molecule has 0 aromatic heterocycles. The average Bonchev–Trinajstić information content (AvgIpc) is 3.03. The maximum Gasteiger partial charge on any atom is 0.220 e. The van der Waals surface area contributed by atoms with Crippen molar-refractivity contribution in [3.05, 3.63) is 22.2 Å². The number of hydrogen-bond acceptors (Lipinski definition) is 4. The molecule has 0 radical (unpaired) electrons. The van der Waals surface area contributed by atoms with Crippen LogP contribution in [0.1, 0.15) is 24.8 Å². The zero-order valence-corrected chi connectivity index (χ0v) is 15.9. The quantitative estimate of drug-likeness (QED) is 0.730. The Morgan fingerprint density at radius 1 is 1.39 bits per heavy atom. The number of benzene rings is 1. The van der Waals surface area contributed by atoms with Gasteiger partial charge < -0.3 is 20.1 Å². The first-order valence-corrected chi connectivity index (χ1v) is 8.31. The molecule has 1 amide bonds. The van der Waals surface area contributed by atoms with Crippen molar-refractivity contribution < 1.29 is 14.3 Å². The third kappa shape index (κ3) is 5.86. The molecule has 1 heterocycles. The van der Waals surface area contributed by atoms with Gasteiger partial charge in [0.2, 0.25) is 5.91 Å². The second-order valence-electron chi connectivity index (χ2n) is 5.49. The van der Waals surface area contributed by atoms with Gasteiger partial charge in [0, 0.05) is 13.0 Å². The number of amides is 1. The molecule has 5 nitrogen and oxygen atoms in total. The van der Waals surface area contributed by atoms with E-state index in [9.17, 15) is 4.79 Å². The Morgan fingerprint density at radius 3 is 2.78 bits per heavy atom. The fourth-order valence-corrected chi connectivity index (χ4v) is 3.31. The fourth-order valence-electron chi connectivity index (χ4n) is 2.66. The molecule has 0 bridgehead atoms. The van der Waals surface area contributed by atoms with Gasteiger partial charge in [-0.3, -0.25) is 4.79 Å². The van der Waals surface area contributed by atoms with Crippen LogP contribution in [0.5, 0.6) is 11.5 Å². The summed E-state index contributed by atoms with van der Waals surface area (Å²) in [4.78, 5) is 11.9. The lowest BCUT2D eigenvalue weighted by Gasteiger charge is -2.13. The van der Waals surface area contributed by atoms with E-state index in [1.165, 1.54) is 6.42 Å². The maximum absolute atomic E-state index is 11.9. The number of hydrogen-bond donors (Lipinski definition) is 2. The molecule has 130 valence electrons. The van der Waals surface area contributed by atoms with Gasteiger partial charge in [0.25, 0.3) is 0 Å². The molecule has 2 rings (SSSR count). The van der Waals surface area contributed by atoms with E-state index in [4.69, 9.17) is 9.47 Å². The van der Waals surface area contributed by atoms with Crippen molar-refractivity contribution in [2.45, 2.75) is 25.8 Å². The van der Waals surface area contributed by atoms with E-state index in [0.29, 0.717) is 30.4 Å². The van der Waals surface area contributed by atoms with E-state index in [2.05, 4.69) is 26.6 Å². The van der Waals surface area contributed by atoms with Gasteiger partial charge in [0.05, 0.1) is 18.7 Å². The number of methoxy groups -OCH3 is 2. The number of carbonyl (C=O) groups is 1. The lowest BCUT2D eigenvalue weighted by molar-refractivity contribution is -0.121. The third-order valence-corrected chi connectivity index (χ3v) is 4.51. The van der Waals surface area contributed by atoms with E-state index in [1.807, 2.05) is 12.1 Å². The predicted molar refractivity (Wildman–Crippen MR) is 96.6 cm³/mol. The second-order valence-corrected chi connectivity index (χ2v) is 6.34. The van der Waals surface area contributed by atoms with Crippen LogP contribution in [-0.2, 0) is 11.3 Å². The van der Waals surface area contributed by atoms with Crippen LogP contribution in [0.4, 0.5) is 0 Å². The number of rotatable bonds is 7. The van der Waals surface area contributed by atoms with Crippen LogP contribution in [0.25, 0.3) is 0 Å². The van der Waals surface area contributed by atoms with E-state index >= 15 is 0 Å². The monoisotopic (exact) mass is 406 g/mol. The second kappa shape index (κ2) is 10.0. The van der Waals surface area contributed by atoms with Crippen LogP contribution >= 0.6 is 28.3 Å². The van der Waals surface area contributed by atoms with Crippen LogP contribution in [0.15, 0.2) is 16.6 Å². The molecule has 1 aromatic carbocycles. The van der Waals surface area contributed by atoms with Crippen LogP contribution in [0, 0.1) is 5.92 Å². The zero-order chi connectivity index (χ0) is 15.9. The largest absolute Gasteiger partial charge is 0.493 e. The lowest BCUT2D eigenvalue weighted by Crippen LogP contribution is -2.23. The van der Waals surface area contributed by atoms with Crippen molar-refractivity contribution in [3.63, 3.8) is 0 Å². The molecule has 1 aliphatic heterocycles. The molecule has 0 spiro atoms. The molecule has 1 unspecified atom stereocenters. The van der Waals surface area contributed by atoms with Gasteiger partial charge in [-0.1, -0.05) is 0 Å². The number of carbonyl (C=O) groups excluding carboxylic acids is 1. The first kappa shape index (κ1) is 20.1. The van der Waals surface area contributed by atoms with Crippen molar-refractivity contribution in [3.8, 4) is 11.5 Å². The SMILES string of the molecule is COc1cc(CNC(=O)CCC2CCNC2)cc(Br)c1OC.Cl. The molecule has 0 saturated carbocycles. The van der Waals surface area contributed by atoms with E-state index in [0.717, 1.165) is 29.5 Å². The Morgan fingerprint density at radius 2 is 2.17 bits per heavy atom. The summed E-state index contributed by atoms with van der Waals surface area (Å²) < 4.78 is 11.4. The Labute approximate surface area is 152 Å². The van der Waals surface area contributed by atoms with Crippen LogP contribution in [-0.4, -0.2) is 33.2 Å². The molecule has 7 heteroatoms. The normalized spacial score (nSPS) is 16.6. The summed E-state index contributed by atoms with van der Waals surface area (Å²) in [5.74, 6) is 2.04. The van der Waals surface area contributed by atoms with Gasteiger partial charge in [0.1, 0.15) is 0 Å². The Balaban J connectivity index is 0.00000264. The molecular weight excluding hydrogens is 384 g/mol.